The maximum absolute atomic E-state index is 12.8. The van der Waals surface area contributed by atoms with Crippen molar-refractivity contribution in [3.8, 4) is 0 Å². The van der Waals surface area contributed by atoms with Gasteiger partial charge in [-0.1, -0.05) is 24.0 Å². The van der Waals surface area contributed by atoms with Gasteiger partial charge in [0.05, 0.1) is 0 Å². The zero-order chi connectivity index (χ0) is 10.1. The van der Waals surface area contributed by atoms with Gasteiger partial charge in [-0.15, -0.1) is 0 Å². The van der Waals surface area contributed by atoms with Crippen LogP contribution in [0.15, 0.2) is 18.2 Å². The zero-order valence-corrected chi connectivity index (χ0v) is 11.3. The van der Waals surface area contributed by atoms with Crippen molar-refractivity contribution in [3.05, 3.63) is 34.6 Å². The van der Waals surface area contributed by atoms with Gasteiger partial charge in [-0.25, -0.2) is 4.39 Å². The van der Waals surface area contributed by atoms with Gasteiger partial charge in [0.2, 0.25) is 0 Å². The molecule has 1 aromatic carbocycles. The summed E-state index contributed by atoms with van der Waals surface area (Å²) in [5, 5.41) is 0.0934. The number of halogens is 5. The Morgan fingerprint density at radius 3 is 2.21 bits per heavy atom. The SMILES string of the molecule is Fc1cc(Cl)ccc1C[B-](F)(F)F.[K+]. The average molecular weight is 250 g/mol. The van der Waals surface area contributed by atoms with E-state index in [1.807, 2.05) is 0 Å². The maximum Gasteiger partial charge on any atom is 1.00 e. The van der Waals surface area contributed by atoms with Crippen molar-refractivity contribution in [2.75, 3.05) is 0 Å². The summed E-state index contributed by atoms with van der Waals surface area (Å²) in [6.45, 7) is -5.00. The van der Waals surface area contributed by atoms with Crippen LogP contribution in [0, 0.1) is 5.82 Å². The number of benzene rings is 1. The minimum atomic E-state index is -5.00. The van der Waals surface area contributed by atoms with E-state index >= 15 is 0 Å². The third kappa shape index (κ3) is 5.14. The monoisotopic (exact) mass is 250 g/mol. The van der Waals surface area contributed by atoms with Crippen molar-refractivity contribution >= 4 is 18.6 Å². The van der Waals surface area contributed by atoms with E-state index in [0.29, 0.717) is 0 Å². The van der Waals surface area contributed by atoms with E-state index in [9.17, 15) is 17.3 Å². The van der Waals surface area contributed by atoms with Crippen LogP contribution in [0.1, 0.15) is 5.56 Å². The second-order valence-corrected chi connectivity index (χ2v) is 3.09. The summed E-state index contributed by atoms with van der Waals surface area (Å²) in [6, 6.07) is 3.16. The predicted molar refractivity (Wildman–Crippen MR) is 44.2 cm³/mol. The molecule has 0 radical (unpaired) electrons. The van der Waals surface area contributed by atoms with E-state index in [4.69, 9.17) is 11.6 Å². The van der Waals surface area contributed by atoms with Crippen molar-refractivity contribution in [1.29, 1.82) is 0 Å². The molecule has 0 aliphatic rings. The molecule has 7 heteroatoms. The number of hydrogen-bond acceptors (Lipinski definition) is 0. The van der Waals surface area contributed by atoms with Crippen LogP contribution < -0.4 is 51.4 Å². The molecule has 0 saturated heterocycles. The Kier molecular flexibility index (Phi) is 6.25. The van der Waals surface area contributed by atoms with E-state index in [0.717, 1.165) is 12.1 Å². The van der Waals surface area contributed by atoms with E-state index in [1.54, 1.807) is 0 Å². The van der Waals surface area contributed by atoms with E-state index in [1.165, 1.54) is 6.07 Å². The van der Waals surface area contributed by atoms with Crippen LogP contribution in [0.3, 0.4) is 0 Å². The summed E-state index contributed by atoms with van der Waals surface area (Å²) in [6.07, 6.45) is -1.21. The Bertz CT molecular complexity index is 315. The van der Waals surface area contributed by atoms with Gasteiger partial charge in [-0.05, 0) is 17.7 Å². The van der Waals surface area contributed by atoms with Crippen LogP contribution in [-0.2, 0) is 6.32 Å². The van der Waals surface area contributed by atoms with Crippen LogP contribution in [0.2, 0.25) is 5.02 Å². The maximum atomic E-state index is 12.8. The molecule has 0 bridgehead atoms. The van der Waals surface area contributed by atoms with Gasteiger partial charge in [0.1, 0.15) is 5.82 Å². The first-order chi connectivity index (χ1) is 5.88. The quantitative estimate of drug-likeness (QED) is 0.527. The normalized spacial score (nSPS) is 10.9. The molecule has 0 fully saturated rings. The molecule has 0 N–H and O–H groups in total. The fourth-order valence-corrected chi connectivity index (χ4v) is 1.10. The van der Waals surface area contributed by atoms with Crippen molar-refractivity contribution in [2.24, 2.45) is 0 Å². The van der Waals surface area contributed by atoms with Crippen LogP contribution in [-0.4, -0.2) is 6.98 Å². The molecule has 0 heterocycles. The molecule has 1 rings (SSSR count). The summed E-state index contributed by atoms with van der Waals surface area (Å²) < 4.78 is 48.5. The average Bonchev–Trinajstić information content (AvgIpc) is 1.93. The van der Waals surface area contributed by atoms with Gasteiger partial charge >= 0.3 is 58.4 Å². The summed E-state index contributed by atoms with van der Waals surface area (Å²) in [5.74, 6) is -0.910. The Balaban J connectivity index is 0.00000169. The topological polar surface area (TPSA) is 0 Å². The molecule has 14 heavy (non-hydrogen) atoms. The molecule has 0 aliphatic carbocycles. The fraction of sp³-hybridized carbons (Fsp3) is 0.143. The predicted octanol–water partition coefficient (Wildman–Crippen LogP) is 0.412. The number of hydrogen-bond donors (Lipinski definition) is 0. The first-order valence-electron chi connectivity index (χ1n) is 3.53. The second-order valence-electron chi connectivity index (χ2n) is 2.65. The van der Waals surface area contributed by atoms with Gasteiger partial charge in [-0.3, -0.25) is 0 Å². The van der Waals surface area contributed by atoms with Gasteiger partial charge in [0, 0.05) is 5.02 Å². The Labute approximate surface area is 126 Å². The largest absolute Gasteiger partial charge is 1.00 e. The van der Waals surface area contributed by atoms with Crippen molar-refractivity contribution in [1.82, 2.24) is 0 Å². The molecule has 72 valence electrons. The van der Waals surface area contributed by atoms with Gasteiger partial charge in [0.15, 0.2) is 0 Å². The zero-order valence-electron chi connectivity index (χ0n) is 7.41. The number of rotatable bonds is 2. The van der Waals surface area contributed by atoms with Crippen LogP contribution in [0.25, 0.3) is 0 Å². The molecular weight excluding hydrogens is 245 g/mol. The van der Waals surface area contributed by atoms with E-state index < -0.39 is 19.1 Å². The van der Waals surface area contributed by atoms with Crippen LogP contribution >= 0.6 is 11.6 Å². The molecule has 0 aliphatic heterocycles. The summed E-state index contributed by atoms with van der Waals surface area (Å²) >= 11 is 5.37. The molecule has 0 unspecified atom stereocenters. The molecular formula is C7H5BClF4K. The molecule has 0 amide bonds. The Morgan fingerprint density at radius 1 is 1.21 bits per heavy atom. The van der Waals surface area contributed by atoms with E-state index in [2.05, 4.69) is 0 Å². The van der Waals surface area contributed by atoms with Crippen molar-refractivity contribution < 1.29 is 68.7 Å². The third-order valence-corrected chi connectivity index (χ3v) is 1.70. The standard InChI is InChI=1S/C7H5BClF4.K/c9-6-2-1-5(7(10)3-6)4-8(11,12)13;/h1-3H,4H2;/q-1;+1. The first kappa shape index (κ1) is 14.9. The van der Waals surface area contributed by atoms with Crippen molar-refractivity contribution in [2.45, 2.75) is 6.32 Å². The minimum absolute atomic E-state index is 0. The van der Waals surface area contributed by atoms with Crippen LogP contribution in [0.4, 0.5) is 17.3 Å². The van der Waals surface area contributed by atoms with E-state index in [-0.39, 0.29) is 62.0 Å². The molecule has 0 aromatic heterocycles. The minimum Gasteiger partial charge on any atom is -0.449 e. The fourth-order valence-electron chi connectivity index (χ4n) is 0.937. The second kappa shape index (κ2) is 5.86. The Hall–Kier alpha value is 0.931. The molecule has 0 atom stereocenters. The molecule has 0 nitrogen and oxygen atoms in total. The first-order valence-corrected chi connectivity index (χ1v) is 3.91. The van der Waals surface area contributed by atoms with Gasteiger partial charge in [-0.2, -0.15) is 0 Å². The van der Waals surface area contributed by atoms with Crippen molar-refractivity contribution in [3.63, 3.8) is 0 Å². The molecule has 1 aromatic rings. The Morgan fingerprint density at radius 2 is 1.79 bits per heavy atom. The summed E-state index contributed by atoms with van der Waals surface area (Å²) in [4.78, 5) is 0. The van der Waals surface area contributed by atoms with Gasteiger partial charge in [0.25, 0.3) is 0 Å². The summed E-state index contributed by atoms with van der Waals surface area (Å²) in [5.41, 5.74) is -0.364. The molecule has 0 saturated carbocycles. The van der Waals surface area contributed by atoms with Gasteiger partial charge < -0.3 is 12.9 Å². The smallest absolute Gasteiger partial charge is 0.449 e. The van der Waals surface area contributed by atoms with Crippen LogP contribution in [0.5, 0.6) is 0 Å². The summed E-state index contributed by atoms with van der Waals surface area (Å²) in [7, 11) is 0. The molecule has 0 spiro atoms. The third-order valence-electron chi connectivity index (χ3n) is 1.47.